The average molecular weight is 570 g/mol. The number of carbonyl (C=O) groups excluding carboxylic acids is 1. The molecule has 0 atom stereocenters. The van der Waals surface area contributed by atoms with Crippen molar-refractivity contribution in [2.24, 2.45) is 0 Å². The first-order chi connectivity index (χ1) is 15.5. The number of nitrogens with one attached hydrogen (secondary N) is 1. The number of hydrogen-bond acceptors (Lipinski definition) is 1. The van der Waals surface area contributed by atoms with Crippen molar-refractivity contribution in [2.45, 2.75) is 85.2 Å². The Morgan fingerprint density at radius 2 is 1.65 bits per heavy atom. The standard InChI is InChI=1S/C28H39BrNOSi3/c1-11-17-12-18-14-19(28(2,3)4)15-21(20(18)13-17)24-22(27(30)31)16-23-25(29)26(24)33(7,8)34(9,10)32(23,5)6/h12,14-16,30H,11,13H2,1-10H3. The molecular weight excluding hydrogens is 530 g/mol. The summed E-state index contributed by atoms with van der Waals surface area (Å²) in [6.45, 7) is 24.3. The zero-order valence-electron chi connectivity index (χ0n) is 22.5. The number of amides is 1. The van der Waals surface area contributed by atoms with Crippen LogP contribution in [0, 0.1) is 0 Å². The summed E-state index contributed by atoms with van der Waals surface area (Å²) in [6, 6.07) is 6.84. The molecule has 181 valence electrons. The smallest absolute Gasteiger partial charge is 0.267 e. The molecule has 0 saturated heterocycles. The maximum Gasteiger partial charge on any atom is 0.270 e. The number of fused-ring (bicyclic) bond motifs is 3. The van der Waals surface area contributed by atoms with Crippen molar-refractivity contribution < 1.29 is 4.79 Å². The van der Waals surface area contributed by atoms with Crippen LogP contribution in [-0.2, 0) is 11.8 Å². The fourth-order valence-electron chi connectivity index (χ4n) is 5.99. The highest BCUT2D eigenvalue weighted by atomic mass is 79.9. The van der Waals surface area contributed by atoms with E-state index in [4.69, 9.17) is 5.73 Å². The van der Waals surface area contributed by atoms with Gasteiger partial charge in [0.1, 0.15) is 0 Å². The fourth-order valence-corrected chi connectivity index (χ4v) is 42.4. The van der Waals surface area contributed by atoms with Crippen LogP contribution in [0.3, 0.4) is 0 Å². The molecule has 0 fully saturated rings. The Kier molecular flexibility index (Phi) is 6.00. The van der Waals surface area contributed by atoms with Crippen molar-refractivity contribution in [3.8, 4) is 11.1 Å². The molecule has 0 unspecified atom stereocenters. The number of hydrogen-bond donors (Lipinski definition) is 0. The monoisotopic (exact) mass is 568 g/mol. The highest BCUT2D eigenvalue weighted by Crippen LogP contribution is 2.44. The van der Waals surface area contributed by atoms with Gasteiger partial charge in [-0.1, -0.05) is 107 Å². The van der Waals surface area contributed by atoms with E-state index in [1.807, 2.05) is 0 Å². The molecule has 0 spiro atoms. The fraction of sp³-hybridized carbons (Fsp3) is 0.464. The van der Waals surface area contributed by atoms with Gasteiger partial charge in [-0.3, -0.25) is 10.5 Å². The van der Waals surface area contributed by atoms with Gasteiger partial charge in [0.25, 0.3) is 5.91 Å². The van der Waals surface area contributed by atoms with Gasteiger partial charge in [-0.2, -0.15) is 0 Å². The third-order valence-corrected chi connectivity index (χ3v) is 52.4. The molecule has 1 heterocycles. The lowest BCUT2D eigenvalue weighted by Crippen LogP contribution is -2.82. The van der Waals surface area contributed by atoms with E-state index in [0.29, 0.717) is 5.56 Å². The van der Waals surface area contributed by atoms with E-state index < -0.39 is 28.2 Å². The molecule has 1 amide bonds. The minimum Gasteiger partial charge on any atom is -0.267 e. The zero-order chi connectivity index (χ0) is 25.6. The highest BCUT2D eigenvalue weighted by molar-refractivity contribution is 9.10. The Balaban J connectivity index is 2.20. The van der Waals surface area contributed by atoms with E-state index in [-0.39, 0.29) is 5.41 Å². The predicted octanol–water partition coefficient (Wildman–Crippen LogP) is 6.90. The van der Waals surface area contributed by atoms with E-state index >= 15 is 0 Å². The van der Waals surface area contributed by atoms with Crippen LogP contribution in [0.25, 0.3) is 17.2 Å². The number of allylic oxidation sites excluding steroid dienone is 1. The molecule has 34 heavy (non-hydrogen) atoms. The third kappa shape index (κ3) is 3.46. The largest absolute Gasteiger partial charge is 0.270 e. The molecule has 2 aromatic rings. The maximum absolute atomic E-state index is 13.0. The summed E-state index contributed by atoms with van der Waals surface area (Å²) in [5, 5.41) is 2.77. The van der Waals surface area contributed by atoms with Crippen molar-refractivity contribution in [3.63, 3.8) is 0 Å². The van der Waals surface area contributed by atoms with Gasteiger partial charge < -0.3 is 0 Å². The molecule has 4 rings (SSSR count). The van der Waals surface area contributed by atoms with Crippen LogP contribution in [-0.4, -0.2) is 28.2 Å². The van der Waals surface area contributed by atoms with E-state index in [1.165, 1.54) is 42.7 Å². The summed E-state index contributed by atoms with van der Waals surface area (Å²) in [7, 11) is -5.28. The number of rotatable bonds is 3. The van der Waals surface area contributed by atoms with Crippen molar-refractivity contribution >= 4 is 60.6 Å². The van der Waals surface area contributed by atoms with Crippen molar-refractivity contribution in [3.05, 3.63) is 50.5 Å². The van der Waals surface area contributed by atoms with Crippen molar-refractivity contribution in [2.75, 3.05) is 0 Å². The molecular formula is C28H39BrNOSi3. The summed E-state index contributed by atoms with van der Waals surface area (Å²) in [4.78, 5) is 13.0. The second kappa shape index (κ2) is 7.89. The summed E-state index contributed by atoms with van der Waals surface area (Å²) in [6.07, 6.45) is 4.35. The Bertz CT molecular complexity index is 1270. The molecule has 1 radical (unpaired) electrons. The molecule has 1 aliphatic carbocycles. The van der Waals surface area contributed by atoms with E-state index in [2.05, 4.69) is 107 Å². The number of halogens is 1. The molecule has 0 aromatic heterocycles. The predicted molar refractivity (Wildman–Crippen MR) is 159 cm³/mol. The van der Waals surface area contributed by atoms with Gasteiger partial charge >= 0.3 is 0 Å². The lowest BCUT2D eigenvalue weighted by atomic mass is 9.82. The summed E-state index contributed by atoms with van der Waals surface area (Å²) in [5.41, 5.74) is 16.6. The summed E-state index contributed by atoms with van der Waals surface area (Å²) < 4.78 is 1.25. The molecule has 2 aromatic carbocycles. The number of carbonyl (C=O) groups is 1. The Morgan fingerprint density at radius 1 is 1.03 bits per heavy atom. The number of benzene rings is 2. The minimum atomic E-state index is -1.91. The van der Waals surface area contributed by atoms with Crippen LogP contribution in [0.2, 0.25) is 39.3 Å². The molecule has 6 heteroatoms. The van der Waals surface area contributed by atoms with Crippen molar-refractivity contribution in [1.29, 1.82) is 0 Å². The van der Waals surface area contributed by atoms with Gasteiger partial charge in [0, 0.05) is 17.1 Å². The molecule has 2 aliphatic rings. The molecule has 2 bridgehead atoms. The molecule has 1 N–H and O–H groups in total. The Morgan fingerprint density at radius 3 is 2.18 bits per heavy atom. The quantitative estimate of drug-likeness (QED) is 0.371. The van der Waals surface area contributed by atoms with Crippen LogP contribution in [0.15, 0.2) is 28.2 Å². The van der Waals surface area contributed by atoms with Gasteiger partial charge in [0.05, 0.1) is 15.2 Å². The van der Waals surface area contributed by atoms with Crippen LogP contribution in [0.4, 0.5) is 0 Å². The van der Waals surface area contributed by atoms with E-state index in [0.717, 1.165) is 18.4 Å². The van der Waals surface area contributed by atoms with Crippen LogP contribution >= 0.6 is 15.9 Å². The average Bonchev–Trinajstić information content (AvgIpc) is 3.13. The second-order valence-electron chi connectivity index (χ2n) is 12.9. The maximum atomic E-state index is 13.0. The zero-order valence-corrected chi connectivity index (χ0v) is 27.1. The molecule has 0 saturated carbocycles. The van der Waals surface area contributed by atoms with Crippen molar-refractivity contribution in [1.82, 2.24) is 5.73 Å². The second-order valence-corrected chi connectivity index (χ2v) is 41.0. The normalized spacial score (nSPS) is 19.6. The van der Waals surface area contributed by atoms with E-state index in [1.54, 1.807) is 0 Å². The molecule has 1 aliphatic heterocycles. The summed E-state index contributed by atoms with van der Waals surface area (Å²) in [5.74, 6) is -0.544. The first kappa shape index (κ1) is 25.9. The topological polar surface area (TPSA) is 40.9 Å². The van der Waals surface area contributed by atoms with Gasteiger partial charge in [-0.15, -0.1) is 0 Å². The minimum absolute atomic E-state index is 0.00199. The van der Waals surface area contributed by atoms with Crippen LogP contribution in [0.5, 0.6) is 0 Å². The molecule has 2 nitrogen and oxygen atoms in total. The lowest BCUT2D eigenvalue weighted by Gasteiger charge is -2.54. The van der Waals surface area contributed by atoms with Gasteiger partial charge in [0.2, 0.25) is 0 Å². The SMILES string of the molecule is CCC1=Cc2cc(C(C)(C)C)cc(-c3c(C([NH])=O)cc4c(Br)c3[Si](C)(C)[Si](C)(C)[Si]4(C)C)c2C1. The van der Waals surface area contributed by atoms with Gasteiger partial charge in [0.15, 0.2) is 0 Å². The lowest BCUT2D eigenvalue weighted by molar-refractivity contribution is 0.0993. The highest BCUT2D eigenvalue weighted by Gasteiger charge is 2.59. The third-order valence-electron chi connectivity index (χ3n) is 9.57. The van der Waals surface area contributed by atoms with Gasteiger partial charge in [-0.25, -0.2) is 0 Å². The first-order valence-electron chi connectivity index (χ1n) is 12.5. The van der Waals surface area contributed by atoms with Crippen LogP contribution < -0.4 is 16.1 Å². The van der Waals surface area contributed by atoms with Gasteiger partial charge in [-0.05, 0) is 62.5 Å². The van der Waals surface area contributed by atoms with Crippen LogP contribution in [0.1, 0.15) is 61.2 Å². The Labute approximate surface area is 217 Å². The Hall–Kier alpha value is -1.22. The van der Waals surface area contributed by atoms with E-state index in [9.17, 15) is 4.79 Å². The summed E-state index contributed by atoms with van der Waals surface area (Å²) >= 11 is 4.10. The first-order valence-corrected chi connectivity index (χ1v) is 24.3.